The molecule has 0 saturated carbocycles. The first-order valence-electron chi connectivity index (χ1n) is 7.98. The molecule has 1 heterocycles. The number of nitrogens with zero attached hydrogens (tertiary/aromatic N) is 1. The van der Waals surface area contributed by atoms with Gasteiger partial charge in [-0.25, -0.2) is 0 Å². The average Bonchev–Trinajstić information content (AvgIpc) is 3.00. The van der Waals surface area contributed by atoms with Crippen molar-refractivity contribution < 1.29 is 19.1 Å². The number of hydrogen-bond donors (Lipinski definition) is 1. The van der Waals surface area contributed by atoms with Gasteiger partial charge in [0.1, 0.15) is 11.7 Å². The molecule has 0 spiro atoms. The number of carbonyl (C=O) groups is 2. The van der Waals surface area contributed by atoms with Gasteiger partial charge in [-0.05, 0) is 23.8 Å². The molecule has 1 aliphatic rings. The Kier molecular flexibility index (Phi) is 4.88. The van der Waals surface area contributed by atoms with Crippen LogP contribution in [-0.4, -0.2) is 39.2 Å². The Balaban J connectivity index is 1.72. The van der Waals surface area contributed by atoms with Crippen molar-refractivity contribution in [2.24, 2.45) is 0 Å². The summed E-state index contributed by atoms with van der Waals surface area (Å²) in [4.78, 5) is 26.3. The molecule has 0 fully saturated rings. The monoisotopic (exact) mass is 340 g/mol. The van der Waals surface area contributed by atoms with E-state index in [0.717, 1.165) is 11.3 Å². The number of ether oxygens (including phenoxy) is 2. The molecular formula is C19H20N2O4. The van der Waals surface area contributed by atoms with E-state index < -0.39 is 0 Å². The van der Waals surface area contributed by atoms with Crippen LogP contribution in [0.5, 0.6) is 5.75 Å². The highest BCUT2D eigenvalue weighted by Crippen LogP contribution is 2.36. The largest absolute Gasteiger partial charge is 0.497 e. The zero-order valence-electron chi connectivity index (χ0n) is 14.2. The van der Waals surface area contributed by atoms with Crippen LogP contribution in [0.15, 0.2) is 48.5 Å². The van der Waals surface area contributed by atoms with E-state index in [9.17, 15) is 9.59 Å². The molecular weight excluding hydrogens is 320 g/mol. The maximum Gasteiger partial charge on any atom is 0.315 e. The average molecular weight is 340 g/mol. The first-order valence-corrected chi connectivity index (χ1v) is 7.98. The number of benzene rings is 2. The number of fused-ring (bicyclic) bond motifs is 1. The Morgan fingerprint density at radius 1 is 1.16 bits per heavy atom. The number of nitrogens with one attached hydrogen (secondary N) is 1. The maximum absolute atomic E-state index is 12.4. The van der Waals surface area contributed by atoms with Gasteiger partial charge in [-0.15, -0.1) is 0 Å². The fourth-order valence-electron chi connectivity index (χ4n) is 3.06. The molecule has 0 unspecified atom stereocenters. The van der Waals surface area contributed by atoms with Crippen LogP contribution in [0.2, 0.25) is 0 Å². The van der Waals surface area contributed by atoms with Crippen LogP contribution in [0.3, 0.4) is 0 Å². The SMILES string of the molecule is COC(=O)[C@H]1CN(CC(=O)Nc2cccc(OC)c2)c2ccccc21. The number of anilines is 2. The molecule has 25 heavy (non-hydrogen) atoms. The lowest BCUT2D eigenvalue weighted by molar-refractivity contribution is -0.142. The highest BCUT2D eigenvalue weighted by molar-refractivity contribution is 5.95. The van der Waals surface area contributed by atoms with E-state index in [1.165, 1.54) is 7.11 Å². The summed E-state index contributed by atoms with van der Waals surface area (Å²) in [6.45, 7) is 0.583. The second-order valence-electron chi connectivity index (χ2n) is 5.80. The van der Waals surface area contributed by atoms with E-state index in [-0.39, 0.29) is 24.3 Å². The van der Waals surface area contributed by atoms with Crippen molar-refractivity contribution in [3.05, 3.63) is 54.1 Å². The molecule has 0 saturated heterocycles. The Hall–Kier alpha value is -3.02. The maximum atomic E-state index is 12.4. The second-order valence-corrected chi connectivity index (χ2v) is 5.80. The van der Waals surface area contributed by atoms with Gasteiger partial charge in [-0.1, -0.05) is 24.3 Å². The normalized spacial score (nSPS) is 15.4. The van der Waals surface area contributed by atoms with Crippen molar-refractivity contribution in [1.82, 2.24) is 0 Å². The first-order chi connectivity index (χ1) is 12.1. The zero-order valence-corrected chi connectivity index (χ0v) is 14.2. The summed E-state index contributed by atoms with van der Waals surface area (Å²) in [5, 5.41) is 2.86. The number of amides is 1. The van der Waals surface area contributed by atoms with Crippen molar-refractivity contribution in [3.8, 4) is 5.75 Å². The van der Waals surface area contributed by atoms with Gasteiger partial charge in [-0.3, -0.25) is 9.59 Å². The number of methoxy groups -OCH3 is 2. The fourth-order valence-corrected chi connectivity index (χ4v) is 3.06. The van der Waals surface area contributed by atoms with Crippen molar-refractivity contribution in [2.75, 3.05) is 37.5 Å². The van der Waals surface area contributed by atoms with Gasteiger partial charge in [0.15, 0.2) is 0 Å². The van der Waals surface area contributed by atoms with E-state index in [2.05, 4.69) is 5.32 Å². The summed E-state index contributed by atoms with van der Waals surface area (Å²) in [5.41, 5.74) is 2.45. The molecule has 2 aromatic rings. The lowest BCUT2D eigenvalue weighted by Crippen LogP contribution is -2.33. The minimum Gasteiger partial charge on any atom is -0.497 e. The first kappa shape index (κ1) is 16.8. The third kappa shape index (κ3) is 3.57. The molecule has 6 heteroatoms. The molecule has 1 atom stereocenters. The van der Waals surface area contributed by atoms with Gasteiger partial charge in [0.2, 0.25) is 5.91 Å². The van der Waals surface area contributed by atoms with E-state index in [0.29, 0.717) is 18.0 Å². The third-order valence-electron chi connectivity index (χ3n) is 4.23. The van der Waals surface area contributed by atoms with Crippen molar-refractivity contribution in [1.29, 1.82) is 0 Å². The molecule has 2 aromatic carbocycles. The standard InChI is InChI=1S/C19H20N2O4/c1-24-14-7-5-6-13(10-14)20-18(22)12-21-11-16(19(23)25-2)15-8-3-4-9-17(15)21/h3-10,16H,11-12H2,1-2H3,(H,20,22)/t16-/m0/s1. The van der Waals surface area contributed by atoms with Crippen LogP contribution in [0.1, 0.15) is 11.5 Å². The highest BCUT2D eigenvalue weighted by Gasteiger charge is 2.34. The van der Waals surface area contributed by atoms with Crippen molar-refractivity contribution in [3.63, 3.8) is 0 Å². The van der Waals surface area contributed by atoms with Crippen LogP contribution in [0.4, 0.5) is 11.4 Å². The van der Waals surface area contributed by atoms with Gasteiger partial charge >= 0.3 is 5.97 Å². The zero-order chi connectivity index (χ0) is 17.8. The van der Waals surface area contributed by atoms with Gasteiger partial charge in [0.25, 0.3) is 0 Å². The Morgan fingerprint density at radius 2 is 1.96 bits per heavy atom. The van der Waals surface area contributed by atoms with Crippen LogP contribution < -0.4 is 15.0 Å². The number of carbonyl (C=O) groups excluding carboxylic acids is 2. The molecule has 0 aliphatic carbocycles. The topological polar surface area (TPSA) is 67.9 Å². The Bertz CT molecular complexity index is 790. The molecule has 3 rings (SSSR count). The Morgan fingerprint density at radius 3 is 2.72 bits per heavy atom. The highest BCUT2D eigenvalue weighted by atomic mass is 16.5. The summed E-state index contributed by atoms with van der Waals surface area (Å²) < 4.78 is 10.0. The summed E-state index contributed by atoms with van der Waals surface area (Å²) in [7, 11) is 2.96. The molecule has 0 radical (unpaired) electrons. The number of esters is 1. The minimum absolute atomic E-state index is 0.154. The summed E-state index contributed by atoms with van der Waals surface area (Å²) in [5.74, 6) is -0.141. The summed E-state index contributed by atoms with van der Waals surface area (Å²) in [6, 6.07) is 14.8. The Labute approximate surface area is 146 Å². The quantitative estimate of drug-likeness (QED) is 0.847. The van der Waals surface area contributed by atoms with Gasteiger partial charge in [0.05, 0.1) is 20.8 Å². The molecule has 0 aromatic heterocycles. The molecule has 0 bridgehead atoms. The van der Waals surface area contributed by atoms with Crippen LogP contribution in [-0.2, 0) is 14.3 Å². The lowest BCUT2D eigenvalue weighted by atomic mass is 10.0. The van der Waals surface area contributed by atoms with Crippen molar-refractivity contribution in [2.45, 2.75) is 5.92 Å². The number of hydrogen-bond acceptors (Lipinski definition) is 5. The molecule has 1 N–H and O–H groups in total. The van der Waals surface area contributed by atoms with Crippen molar-refractivity contribution >= 4 is 23.3 Å². The molecule has 1 amide bonds. The van der Waals surface area contributed by atoms with Gasteiger partial charge < -0.3 is 19.7 Å². The van der Waals surface area contributed by atoms with E-state index >= 15 is 0 Å². The smallest absolute Gasteiger partial charge is 0.315 e. The van der Waals surface area contributed by atoms with Gasteiger partial charge in [-0.2, -0.15) is 0 Å². The van der Waals surface area contributed by atoms with Gasteiger partial charge in [0, 0.05) is 24.0 Å². The fraction of sp³-hybridized carbons (Fsp3) is 0.263. The van der Waals surface area contributed by atoms with Crippen LogP contribution in [0.25, 0.3) is 0 Å². The minimum atomic E-state index is -0.370. The lowest BCUT2D eigenvalue weighted by Gasteiger charge is -2.19. The summed E-state index contributed by atoms with van der Waals surface area (Å²) >= 11 is 0. The third-order valence-corrected chi connectivity index (χ3v) is 4.23. The predicted molar refractivity (Wildman–Crippen MR) is 95.0 cm³/mol. The van der Waals surface area contributed by atoms with Crippen LogP contribution in [0, 0.1) is 0 Å². The number of rotatable bonds is 5. The molecule has 6 nitrogen and oxygen atoms in total. The second kappa shape index (κ2) is 7.25. The van der Waals surface area contributed by atoms with E-state index in [1.807, 2.05) is 41.3 Å². The molecule has 130 valence electrons. The van der Waals surface area contributed by atoms with Crippen LogP contribution >= 0.6 is 0 Å². The molecule has 1 aliphatic heterocycles. The number of para-hydroxylation sites is 1. The summed E-state index contributed by atoms with van der Waals surface area (Å²) in [6.07, 6.45) is 0. The van der Waals surface area contributed by atoms with E-state index in [1.54, 1.807) is 19.2 Å². The van der Waals surface area contributed by atoms with E-state index in [4.69, 9.17) is 9.47 Å². The predicted octanol–water partition coefficient (Wildman–Crippen LogP) is 2.41.